The van der Waals surface area contributed by atoms with Gasteiger partial charge in [-0.1, -0.05) is 23.7 Å². The van der Waals surface area contributed by atoms with Gasteiger partial charge in [-0.3, -0.25) is 9.67 Å². The average Bonchev–Trinajstić information content (AvgIpc) is 2.90. The first-order valence-corrected chi connectivity index (χ1v) is 7.51. The van der Waals surface area contributed by atoms with Crippen LogP contribution in [-0.2, 0) is 6.42 Å². The number of ether oxygens (including phenoxy) is 1. The second kappa shape index (κ2) is 6.34. The van der Waals surface area contributed by atoms with Crippen molar-refractivity contribution in [3.05, 3.63) is 69.7 Å². The maximum atomic E-state index is 5.92. The number of aromatic nitrogens is 3. The van der Waals surface area contributed by atoms with Crippen LogP contribution in [0.25, 0.3) is 5.69 Å². The molecule has 3 rings (SSSR count). The molecular weight excluding hydrogens is 318 g/mol. The Kier molecular flexibility index (Phi) is 4.27. The SMILES string of the molecule is COc1ccc(-n2c(Cc3ccc(Cl)cc3)n[nH]c2=S)cc1. The second-order valence-corrected chi connectivity index (χ2v) is 5.60. The predicted octanol–water partition coefficient (Wildman–Crippen LogP) is 4.18. The van der Waals surface area contributed by atoms with Gasteiger partial charge < -0.3 is 4.74 Å². The summed E-state index contributed by atoms with van der Waals surface area (Å²) in [4.78, 5) is 0. The van der Waals surface area contributed by atoms with Crippen molar-refractivity contribution >= 4 is 23.8 Å². The van der Waals surface area contributed by atoms with Crippen LogP contribution in [-0.4, -0.2) is 21.9 Å². The number of benzene rings is 2. The smallest absolute Gasteiger partial charge is 0.199 e. The van der Waals surface area contributed by atoms with E-state index in [4.69, 9.17) is 28.6 Å². The molecule has 0 bridgehead atoms. The molecule has 0 unspecified atom stereocenters. The summed E-state index contributed by atoms with van der Waals surface area (Å²) < 4.78 is 7.67. The normalized spacial score (nSPS) is 10.6. The standard InChI is InChI=1S/C16H14ClN3OS/c1-21-14-8-6-13(7-9-14)20-15(18-19-16(20)22)10-11-2-4-12(17)5-3-11/h2-9H,10H2,1H3,(H,19,22). The zero-order chi connectivity index (χ0) is 15.5. The van der Waals surface area contributed by atoms with E-state index in [0.717, 1.165) is 27.8 Å². The number of methoxy groups -OCH3 is 1. The second-order valence-electron chi connectivity index (χ2n) is 4.78. The van der Waals surface area contributed by atoms with Crippen LogP contribution >= 0.6 is 23.8 Å². The highest BCUT2D eigenvalue weighted by Gasteiger charge is 2.09. The first kappa shape index (κ1) is 14.8. The molecule has 0 atom stereocenters. The Balaban J connectivity index is 1.96. The van der Waals surface area contributed by atoms with E-state index in [1.54, 1.807) is 7.11 Å². The van der Waals surface area contributed by atoms with Crippen molar-refractivity contribution in [1.29, 1.82) is 0 Å². The van der Waals surface area contributed by atoms with Crippen LogP contribution in [0.1, 0.15) is 11.4 Å². The molecular formula is C16H14ClN3OS. The van der Waals surface area contributed by atoms with E-state index in [2.05, 4.69) is 10.2 Å². The molecule has 0 amide bonds. The fourth-order valence-electron chi connectivity index (χ4n) is 2.23. The summed E-state index contributed by atoms with van der Waals surface area (Å²) in [6.45, 7) is 0. The summed E-state index contributed by atoms with van der Waals surface area (Å²) >= 11 is 11.3. The van der Waals surface area contributed by atoms with Crippen LogP contribution < -0.4 is 4.74 Å². The third-order valence-electron chi connectivity index (χ3n) is 3.35. The number of nitrogens with zero attached hydrogens (tertiary/aromatic N) is 2. The largest absolute Gasteiger partial charge is 0.497 e. The van der Waals surface area contributed by atoms with Crippen LogP contribution in [0, 0.1) is 4.77 Å². The molecule has 0 aliphatic heterocycles. The molecule has 0 aliphatic carbocycles. The molecule has 112 valence electrons. The van der Waals surface area contributed by atoms with Crippen molar-refractivity contribution in [1.82, 2.24) is 14.8 Å². The maximum absolute atomic E-state index is 5.92. The summed E-state index contributed by atoms with van der Waals surface area (Å²) in [5, 5.41) is 7.91. The van der Waals surface area contributed by atoms with Gasteiger partial charge in [0.05, 0.1) is 7.11 Å². The molecule has 22 heavy (non-hydrogen) atoms. The Labute approximate surface area is 138 Å². The Hall–Kier alpha value is -2.11. The minimum Gasteiger partial charge on any atom is -0.497 e. The lowest BCUT2D eigenvalue weighted by Crippen LogP contribution is -2.02. The maximum Gasteiger partial charge on any atom is 0.199 e. The summed E-state index contributed by atoms with van der Waals surface area (Å²) in [7, 11) is 1.64. The van der Waals surface area contributed by atoms with E-state index >= 15 is 0 Å². The van der Waals surface area contributed by atoms with Crippen LogP contribution in [0.4, 0.5) is 0 Å². The molecule has 3 aromatic rings. The molecule has 1 heterocycles. The first-order valence-electron chi connectivity index (χ1n) is 6.72. The van der Waals surface area contributed by atoms with E-state index < -0.39 is 0 Å². The molecule has 1 N–H and O–H groups in total. The molecule has 0 saturated carbocycles. The summed E-state index contributed by atoms with van der Waals surface area (Å²) in [5.74, 6) is 1.65. The predicted molar refractivity (Wildman–Crippen MR) is 89.6 cm³/mol. The minimum atomic E-state index is 0.564. The lowest BCUT2D eigenvalue weighted by molar-refractivity contribution is 0.414. The van der Waals surface area contributed by atoms with Gasteiger partial charge in [-0.15, -0.1) is 0 Å². The van der Waals surface area contributed by atoms with Crippen molar-refractivity contribution in [3.63, 3.8) is 0 Å². The monoisotopic (exact) mass is 331 g/mol. The van der Waals surface area contributed by atoms with Gasteiger partial charge in [-0.05, 0) is 54.2 Å². The van der Waals surface area contributed by atoms with E-state index in [1.165, 1.54) is 0 Å². The highest BCUT2D eigenvalue weighted by Crippen LogP contribution is 2.19. The molecule has 0 saturated heterocycles. The highest BCUT2D eigenvalue weighted by atomic mass is 35.5. The third-order valence-corrected chi connectivity index (χ3v) is 3.87. The van der Waals surface area contributed by atoms with Gasteiger partial charge in [0, 0.05) is 17.1 Å². The van der Waals surface area contributed by atoms with E-state index in [1.807, 2.05) is 53.1 Å². The van der Waals surface area contributed by atoms with Crippen LogP contribution in [0.5, 0.6) is 5.75 Å². The van der Waals surface area contributed by atoms with Crippen LogP contribution in [0.3, 0.4) is 0 Å². The van der Waals surface area contributed by atoms with E-state index in [0.29, 0.717) is 11.2 Å². The minimum absolute atomic E-state index is 0.564. The number of nitrogens with one attached hydrogen (secondary N) is 1. The zero-order valence-electron chi connectivity index (χ0n) is 11.9. The fraction of sp³-hybridized carbons (Fsp3) is 0.125. The van der Waals surface area contributed by atoms with Crippen molar-refractivity contribution in [2.24, 2.45) is 0 Å². The van der Waals surface area contributed by atoms with Gasteiger partial charge in [0.25, 0.3) is 0 Å². The van der Waals surface area contributed by atoms with Crippen molar-refractivity contribution < 1.29 is 4.74 Å². The molecule has 2 aromatic carbocycles. The molecule has 0 radical (unpaired) electrons. The average molecular weight is 332 g/mol. The quantitative estimate of drug-likeness (QED) is 0.729. The van der Waals surface area contributed by atoms with Gasteiger partial charge >= 0.3 is 0 Å². The number of H-pyrrole nitrogens is 1. The molecule has 4 nitrogen and oxygen atoms in total. The lowest BCUT2D eigenvalue weighted by atomic mass is 10.1. The molecule has 0 fully saturated rings. The lowest BCUT2D eigenvalue weighted by Gasteiger charge is -2.08. The van der Waals surface area contributed by atoms with Crippen LogP contribution in [0.2, 0.25) is 5.02 Å². The molecule has 6 heteroatoms. The van der Waals surface area contributed by atoms with Gasteiger partial charge in [0.1, 0.15) is 11.6 Å². The number of halogens is 1. The van der Waals surface area contributed by atoms with Gasteiger partial charge in [0.15, 0.2) is 4.77 Å². The Bertz CT molecular complexity index is 822. The number of hydrogen-bond acceptors (Lipinski definition) is 3. The number of rotatable bonds is 4. The summed E-state index contributed by atoms with van der Waals surface area (Å²) in [6.07, 6.45) is 0.663. The van der Waals surface area contributed by atoms with E-state index in [9.17, 15) is 0 Å². The summed E-state index contributed by atoms with van der Waals surface area (Å²) in [5.41, 5.74) is 2.07. The number of hydrogen-bond donors (Lipinski definition) is 1. The van der Waals surface area contributed by atoms with Gasteiger partial charge in [0.2, 0.25) is 0 Å². The topological polar surface area (TPSA) is 42.8 Å². The molecule has 0 spiro atoms. The van der Waals surface area contributed by atoms with Gasteiger partial charge in [-0.25, -0.2) is 0 Å². The summed E-state index contributed by atoms with van der Waals surface area (Å²) in [6, 6.07) is 15.4. The van der Waals surface area contributed by atoms with Crippen molar-refractivity contribution in [3.8, 4) is 11.4 Å². The first-order chi connectivity index (χ1) is 10.7. The van der Waals surface area contributed by atoms with Gasteiger partial charge in [-0.2, -0.15) is 5.10 Å². The van der Waals surface area contributed by atoms with Crippen LogP contribution in [0.15, 0.2) is 48.5 Å². The zero-order valence-corrected chi connectivity index (χ0v) is 13.5. The highest BCUT2D eigenvalue weighted by molar-refractivity contribution is 7.71. The Morgan fingerprint density at radius 2 is 1.82 bits per heavy atom. The fourth-order valence-corrected chi connectivity index (χ4v) is 2.61. The molecule has 1 aromatic heterocycles. The van der Waals surface area contributed by atoms with Crippen molar-refractivity contribution in [2.75, 3.05) is 7.11 Å². The van der Waals surface area contributed by atoms with Crippen molar-refractivity contribution in [2.45, 2.75) is 6.42 Å². The Morgan fingerprint density at radius 1 is 1.14 bits per heavy atom. The van der Waals surface area contributed by atoms with E-state index in [-0.39, 0.29) is 0 Å². The Morgan fingerprint density at radius 3 is 2.45 bits per heavy atom. The molecule has 0 aliphatic rings. The number of aromatic amines is 1. The third kappa shape index (κ3) is 3.05.